The van der Waals surface area contributed by atoms with Crippen LogP contribution in [0.5, 0.6) is 5.75 Å². The summed E-state index contributed by atoms with van der Waals surface area (Å²) in [7, 11) is 0. The average Bonchev–Trinajstić information content (AvgIpc) is 2.64. The lowest BCUT2D eigenvalue weighted by atomic mass is 10.1. The van der Waals surface area contributed by atoms with Gasteiger partial charge in [-0.2, -0.15) is 0 Å². The molecule has 0 spiro atoms. The third-order valence-electron chi connectivity index (χ3n) is 3.22. The standard InChI is InChI=1S/C19H17NO5/c1-2-19(21)25-14-13-24-18-11-7-16(8-12-18)4-3-15-5-9-17(10-6-15)20(22)23/h2-12H,1,13-14H2. The van der Waals surface area contributed by atoms with Gasteiger partial charge >= 0.3 is 5.97 Å². The number of nitro groups is 1. The summed E-state index contributed by atoms with van der Waals surface area (Å²) in [5.74, 6) is 0.192. The van der Waals surface area contributed by atoms with Gasteiger partial charge < -0.3 is 9.47 Å². The number of nitrogens with zero attached hydrogens (tertiary/aromatic N) is 1. The van der Waals surface area contributed by atoms with E-state index in [0.717, 1.165) is 17.2 Å². The molecule has 0 aromatic heterocycles. The first-order valence-corrected chi connectivity index (χ1v) is 7.53. The molecule has 0 aliphatic rings. The highest BCUT2D eigenvalue weighted by Gasteiger charge is 2.02. The Kier molecular flexibility index (Phi) is 6.47. The van der Waals surface area contributed by atoms with Gasteiger partial charge in [-0.05, 0) is 35.4 Å². The fourth-order valence-electron chi connectivity index (χ4n) is 1.94. The lowest BCUT2D eigenvalue weighted by Gasteiger charge is -2.06. The van der Waals surface area contributed by atoms with Crippen LogP contribution in [0.1, 0.15) is 11.1 Å². The van der Waals surface area contributed by atoms with Gasteiger partial charge in [0.25, 0.3) is 5.69 Å². The van der Waals surface area contributed by atoms with E-state index >= 15 is 0 Å². The maximum atomic E-state index is 10.9. The second-order valence-electron chi connectivity index (χ2n) is 4.97. The van der Waals surface area contributed by atoms with Crippen molar-refractivity contribution < 1.29 is 19.2 Å². The summed E-state index contributed by atoms with van der Waals surface area (Å²) in [6, 6.07) is 13.7. The molecule has 0 aliphatic heterocycles. The molecule has 6 nitrogen and oxygen atoms in total. The van der Waals surface area contributed by atoms with Crippen molar-refractivity contribution in [2.24, 2.45) is 0 Å². The van der Waals surface area contributed by atoms with Crippen molar-refractivity contribution in [3.8, 4) is 5.75 Å². The Morgan fingerprint density at radius 2 is 1.56 bits per heavy atom. The number of nitro benzene ring substituents is 1. The van der Waals surface area contributed by atoms with Gasteiger partial charge in [-0.3, -0.25) is 10.1 Å². The monoisotopic (exact) mass is 339 g/mol. The maximum Gasteiger partial charge on any atom is 0.330 e. The minimum atomic E-state index is -0.477. The number of hydrogen-bond acceptors (Lipinski definition) is 5. The van der Waals surface area contributed by atoms with Gasteiger partial charge in [0.05, 0.1) is 4.92 Å². The average molecular weight is 339 g/mol. The maximum absolute atomic E-state index is 10.9. The van der Waals surface area contributed by atoms with Crippen molar-refractivity contribution in [1.82, 2.24) is 0 Å². The van der Waals surface area contributed by atoms with Crippen molar-refractivity contribution in [2.75, 3.05) is 13.2 Å². The van der Waals surface area contributed by atoms with E-state index in [1.165, 1.54) is 12.1 Å². The SMILES string of the molecule is C=CC(=O)OCCOc1ccc(C=Cc2ccc([N+](=O)[O-])cc2)cc1. The first-order chi connectivity index (χ1) is 12.1. The first-order valence-electron chi connectivity index (χ1n) is 7.53. The van der Waals surface area contributed by atoms with Crippen LogP contribution in [0.15, 0.2) is 61.2 Å². The Labute approximate surface area is 145 Å². The van der Waals surface area contributed by atoms with E-state index in [9.17, 15) is 14.9 Å². The third kappa shape index (κ3) is 5.95. The van der Waals surface area contributed by atoms with Crippen LogP contribution in [0.3, 0.4) is 0 Å². The molecule has 0 amide bonds. The van der Waals surface area contributed by atoms with E-state index in [1.807, 2.05) is 36.4 Å². The number of carbonyl (C=O) groups is 1. The fourth-order valence-corrected chi connectivity index (χ4v) is 1.94. The summed E-state index contributed by atoms with van der Waals surface area (Å²) in [6.45, 7) is 3.73. The Morgan fingerprint density at radius 1 is 1.00 bits per heavy atom. The van der Waals surface area contributed by atoms with E-state index < -0.39 is 10.9 Å². The minimum absolute atomic E-state index is 0.0671. The second kappa shape index (κ2) is 9.02. The molecule has 2 aromatic carbocycles. The van der Waals surface area contributed by atoms with Crippen LogP contribution in [0.4, 0.5) is 5.69 Å². The molecule has 0 fully saturated rings. The fraction of sp³-hybridized carbons (Fsp3) is 0.105. The molecule has 25 heavy (non-hydrogen) atoms. The van der Waals surface area contributed by atoms with E-state index in [4.69, 9.17) is 9.47 Å². The van der Waals surface area contributed by atoms with Crippen molar-refractivity contribution >= 4 is 23.8 Å². The summed E-state index contributed by atoms with van der Waals surface area (Å²) in [5, 5.41) is 10.6. The van der Waals surface area contributed by atoms with Gasteiger partial charge in [0.1, 0.15) is 19.0 Å². The van der Waals surface area contributed by atoms with Crippen LogP contribution in [-0.2, 0) is 9.53 Å². The Bertz CT molecular complexity index is 763. The number of rotatable bonds is 8. The van der Waals surface area contributed by atoms with Gasteiger partial charge in [-0.15, -0.1) is 0 Å². The van der Waals surface area contributed by atoms with E-state index in [-0.39, 0.29) is 18.9 Å². The zero-order chi connectivity index (χ0) is 18.1. The minimum Gasteiger partial charge on any atom is -0.490 e. The number of esters is 1. The topological polar surface area (TPSA) is 78.7 Å². The highest BCUT2D eigenvalue weighted by molar-refractivity contribution is 5.81. The van der Waals surface area contributed by atoms with Gasteiger partial charge in [0.15, 0.2) is 0 Å². The Balaban J connectivity index is 1.86. The van der Waals surface area contributed by atoms with Crippen molar-refractivity contribution in [1.29, 1.82) is 0 Å². The zero-order valence-corrected chi connectivity index (χ0v) is 13.5. The molecule has 0 N–H and O–H groups in total. The van der Waals surface area contributed by atoms with Crippen molar-refractivity contribution in [2.45, 2.75) is 0 Å². The summed E-state index contributed by atoms with van der Waals surface area (Å²) in [4.78, 5) is 21.1. The number of non-ortho nitro benzene ring substituents is 1. The summed E-state index contributed by atoms with van der Waals surface area (Å²) in [5.41, 5.74) is 1.90. The lowest BCUT2D eigenvalue weighted by molar-refractivity contribution is -0.384. The quantitative estimate of drug-likeness (QED) is 0.182. The van der Waals surface area contributed by atoms with Gasteiger partial charge in [-0.25, -0.2) is 4.79 Å². The van der Waals surface area contributed by atoms with Crippen LogP contribution < -0.4 is 4.74 Å². The molecule has 0 unspecified atom stereocenters. The van der Waals surface area contributed by atoms with Crippen LogP contribution in [0.25, 0.3) is 12.2 Å². The molecule has 0 saturated carbocycles. The second-order valence-corrected chi connectivity index (χ2v) is 4.97. The summed E-state index contributed by atoms with van der Waals surface area (Å²) < 4.78 is 10.3. The normalized spacial score (nSPS) is 10.4. The number of benzene rings is 2. The molecule has 0 radical (unpaired) electrons. The molecule has 128 valence electrons. The molecule has 2 aromatic rings. The van der Waals surface area contributed by atoms with Gasteiger partial charge in [0, 0.05) is 18.2 Å². The molecular weight excluding hydrogens is 322 g/mol. The van der Waals surface area contributed by atoms with Gasteiger partial charge in [0.2, 0.25) is 0 Å². The number of hydrogen-bond donors (Lipinski definition) is 0. The number of ether oxygens (including phenoxy) is 2. The molecule has 0 bridgehead atoms. The van der Waals surface area contributed by atoms with E-state index in [2.05, 4.69) is 6.58 Å². The van der Waals surface area contributed by atoms with Crippen LogP contribution >= 0.6 is 0 Å². The highest BCUT2D eigenvalue weighted by Crippen LogP contribution is 2.16. The first kappa shape index (κ1) is 17.9. The van der Waals surface area contributed by atoms with Crippen molar-refractivity contribution in [3.63, 3.8) is 0 Å². The summed E-state index contributed by atoms with van der Waals surface area (Å²) >= 11 is 0. The molecule has 0 aliphatic carbocycles. The van der Waals surface area contributed by atoms with Crippen molar-refractivity contribution in [3.05, 3.63) is 82.4 Å². The van der Waals surface area contributed by atoms with E-state index in [1.54, 1.807) is 12.1 Å². The highest BCUT2D eigenvalue weighted by atomic mass is 16.6. The van der Waals surface area contributed by atoms with Crippen LogP contribution in [0, 0.1) is 10.1 Å². The number of carbonyl (C=O) groups excluding carboxylic acids is 1. The summed E-state index contributed by atoms with van der Waals surface area (Å²) in [6.07, 6.45) is 4.87. The predicted molar refractivity (Wildman–Crippen MR) is 95.1 cm³/mol. The molecule has 2 rings (SSSR count). The Hall–Kier alpha value is -3.41. The van der Waals surface area contributed by atoms with Crippen LogP contribution in [-0.4, -0.2) is 24.1 Å². The largest absolute Gasteiger partial charge is 0.490 e. The lowest BCUT2D eigenvalue weighted by Crippen LogP contribution is -2.10. The molecule has 0 heterocycles. The molecule has 6 heteroatoms. The third-order valence-corrected chi connectivity index (χ3v) is 3.22. The van der Waals surface area contributed by atoms with Crippen LogP contribution in [0.2, 0.25) is 0 Å². The van der Waals surface area contributed by atoms with Gasteiger partial charge in [-0.1, -0.05) is 30.9 Å². The zero-order valence-electron chi connectivity index (χ0n) is 13.5. The predicted octanol–water partition coefficient (Wildman–Crippen LogP) is 3.87. The smallest absolute Gasteiger partial charge is 0.330 e. The molecule has 0 saturated heterocycles. The Morgan fingerprint density at radius 3 is 2.08 bits per heavy atom. The van der Waals surface area contributed by atoms with E-state index in [0.29, 0.717) is 5.75 Å². The molecule has 0 atom stereocenters. The molecular formula is C19H17NO5.